The summed E-state index contributed by atoms with van der Waals surface area (Å²) in [5, 5.41) is 7.38. The maximum Gasteiger partial charge on any atom is 0.192 e. The highest BCUT2D eigenvalue weighted by Crippen LogP contribution is 2.56. The van der Waals surface area contributed by atoms with Gasteiger partial charge in [0.1, 0.15) is 0 Å². The summed E-state index contributed by atoms with van der Waals surface area (Å²) in [4.78, 5) is 14.4. The van der Waals surface area contributed by atoms with Gasteiger partial charge in [-0.25, -0.2) is 0 Å². The number of benzene rings is 5. The lowest BCUT2D eigenvalue weighted by atomic mass is 9.69. The van der Waals surface area contributed by atoms with E-state index in [4.69, 9.17) is 0 Å². The van der Waals surface area contributed by atoms with Crippen molar-refractivity contribution in [3.63, 3.8) is 0 Å². The van der Waals surface area contributed by atoms with Gasteiger partial charge in [0.2, 0.25) is 0 Å². The van der Waals surface area contributed by atoms with Gasteiger partial charge in [0.25, 0.3) is 0 Å². The van der Waals surface area contributed by atoms with E-state index in [9.17, 15) is 4.79 Å². The van der Waals surface area contributed by atoms with Gasteiger partial charge in [0.05, 0.1) is 5.41 Å². The minimum atomic E-state index is -0.595. The molecule has 4 aliphatic rings. The first kappa shape index (κ1) is 28.9. The first-order valence-electron chi connectivity index (χ1n) is 17.4. The molecule has 1 heteroatoms. The molecule has 9 rings (SSSR count). The number of fused-ring (bicyclic) bond motifs is 7. The van der Waals surface area contributed by atoms with Gasteiger partial charge in [-0.2, -0.15) is 0 Å². The largest absolute Gasteiger partial charge is 0.289 e. The van der Waals surface area contributed by atoms with Crippen molar-refractivity contribution in [3.05, 3.63) is 184 Å². The first-order valence-corrected chi connectivity index (χ1v) is 17.4. The zero-order chi connectivity index (χ0) is 32.6. The fourth-order valence-corrected chi connectivity index (χ4v) is 8.61. The summed E-state index contributed by atoms with van der Waals surface area (Å²) in [6.07, 6.45) is 24.5. The quantitative estimate of drug-likeness (QED) is 0.145. The lowest BCUT2D eigenvalue weighted by molar-refractivity contribution is 0.103. The number of hydrogen-bond donors (Lipinski definition) is 0. The summed E-state index contributed by atoms with van der Waals surface area (Å²) in [6, 6.07) is 28.8. The zero-order valence-corrected chi connectivity index (χ0v) is 27.8. The third-order valence-electron chi connectivity index (χ3n) is 11.1. The van der Waals surface area contributed by atoms with Crippen LogP contribution in [0.25, 0.3) is 37.9 Å². The van der Waals surface area contributed by atoms with Crippen molar-refractivity contribution in [1.82, 2.24) is 0 Å². The average molecular weight is 619 g/mol. The van der Waals surface area contributed by atoms with Crippen LogP contribution in [0.1, 0.15) is 66.2 Å². The van der Waals surface area contributed by atoms with Gasteiger partial charge in [-0.1, -0.05) is 141 Å². The predicted octanol–water partition coefficient (Wildman–Crippen LogP) is 11.9. The molecular formula is C47H38O. The van der Waals surface area contributed by atoms with Crippen LogP contribution in [-0.2, 0) is 5.41 Å². The van der Waals surface area contributed by atoms with Crippen LogP contribution >= 0.6 is 0 Å². The van der Waals surface area contributed by atoms with E-state index in [0.29, 0.717) is 11.8 Å². The molecule has 5 aromatic carbocycles. The van der Waals surface area contributed by atoms with Crippen molar-refractivity contribution in [1.29, 1.82) is 0 Å². The van der Waals surface area contributed by atoms with Crippen LogP contribution in [0.15, 0.2) is 156 Å². The summed E-state index contributed by atoms with van der Waals surface area (Å²) >= 11 is 0. The molecule has 48 heavy (non-hydrogen) atoms. The molecule has 0 heterocycles. The van der Waals surface area contributed by atoms with Crippen LogP contribution in [0.4, 0.5) is 0 Å². The van der Waals surface area contributed by atoms with Crippen molar-refractivity contribution in [2.75, 3.05) is 0 Å². The molecule has 0 aliphatic heterocycles. The number of hydrogen-bond acceptors (Lipinski definition) is 1. The summed E-state index contributed by atoms with van der Waals surface area (Å²) in [7, 11) is 0. The highest BCUT2D eigenvalue weighted by Gasteiger charge is 2.44. The van der Waals surface area contributed by atoms with E-state index < -0.39 is 5.41 Å². The fraction of sp³-hybridized carbons (Fsp3) is 0.170. The summed E-state index contributed by atoms with van der Waals surface area (Å²) in [5.74, 6) is 1.10. The molecule has 0 amide bonds. The van der Waals surface area contributed by atoms with E-state index in [0.717, 1.165) is 29.4 Å². The molecule has 0 N–H and O–H groups in total. The van der Waals surface area contributed by atoms with Gasteiger partial charge in [-0.3, -0.25) is 4.79 Å². The van der Waals surface area contributed by atoms with Gasteiger partial charge < -0.3 is 0 Å². The highest BCUT2D eigenvalue weighted by atomic mass is 16.1. The lowest BCUT2D eigenvalue weighted by Gasteiger charge is -2.32. The normalized spacial score (nSPS) is 24.9. The van der Waals surface area contributed by atoms with Crippen molar-refractivity contribution in [3.8, 4) is 0 Å². The van der Waals surface area contributed by atoms with E-state index in [1.165, 1.54) is 65.9 Å². The molecule has 0 saturated carbocycles. The molecule has 1 nitrogen and oxygen atoms in total. The average Bonchev–Trinajstić information content (AvgIpc) is 3.44. The van der Waals surface area contributed by atoms with Crippen LogP contribution in [0.5, 0.6) is 0 Å². The van der Waals surface area contributed by atoms with Crippen LogP contribution in [-0.4, -0.2) is 5.78 Å². The van der Waals surface area contributed by atoms with Crippen molar-refractivity contribution < 1.29 is 4.79 Å². The third-order valence-corrected chi connectivity index (χ3v) is 11.1. The minimum Gasteiger partial charge on any atom is -0.289 e. The monoisotopic (exact) mass is 618 g/mol. The number of carbonyl (C=O) groups excluding carboxylic acids is 1. The number of ketones is 1. The Bertz CT molecular complexity index is 2450. The molecule has 1 spiro atoms. The molecule has 4 aliphatic carbocycles. The topological polar surface area (TPSA) is 17.1 Å². The standard InChI is InChI=1S/C47H38O/c1-29-17-21-32(22-18-29)34-10-9-25-47(41-15-7-6-11-36(41)31(3)26-34)42-16-8-14-39-37-12-4-5-13-38(37)40-27-35(28-43(47)45(40)44(39)42)46(48)33-23-19-30(2)20-24-33/h4-17,19,21-30H,18,20H2,1-3H3/b25-9?,31-26+,34-10+. The smallest absolute Gasteiger partial charge is 0.192 e. The minimum absolute atomic E-state index is 0.0930. The molecule has 232 valence electrons. The number of allylic oxidation sites excluding steroid dienone is 14. The maximum atomic E-state index is 14.4. The summed E-state index contributed by atoms with van der Waals surface area (Å²) in [5.41, 5.74) is 9.61. The Morgan fingerprint density at radius 3 is 2.15 bits per heavy atom. The first-order chi connectivity index (χ1) is 23.4. The molecule has 0 aromatic heterocycles. The van der Waals surface area contributed by atoms with Crippen molar-refractivity contribution >= 4 is 43.7 Å². The highest BCUT2D eigenvalue weighted by molar-refractivity contribution is 6.30. The predicted molar refractivity (Wildman–Crippen MR) is 202 cm³/mol. The molecule has 0 radical (unpaired) electrons. The van der Waals surface area contributed by atoms with Crippen LogP contribution in [0.2, 0.25) is 0 Å². The second-order valence-corrected chi connectivity index (χ2v) is 14.2. The second kappa shape index (κ2) is 10.9. The van der Waals surface area contributed by atoms with Gasteiger partial charge in [0, 0.05) is 11.1 Å². The molecule has 5 aromatic rings. The number of Topliss-reactive ketones (excluding diaryl/α,β-unsaturated/α-hetero) is 1. The molecule has 3 unspecified atom stereocenters. The van der Waals surface area contributed by atoms with Gasteiger partial charge in [-0.15, -0.1) is 0 Å². The Kier molecular flexibility index (Phi) is 6.56. The number of carbonyl (C=O) groups is 1. The van der Waals surface area contributed by atoms with Crippen molar-refractivity contribution in [2.24, 2.45) is 11.8 Å². The molecule has 0 fully saturated rings. The number of rotatable bonds is 3. The molecule has 0 saturated heterocycles. The lowest BCUT2D eigenvalue weighted by Crippen LogP contribution is -2.26. The van der Waals surface area contributed by atoms with E-state index in [1.54, 1.807) is 0 Å². The Morgan fingerprint density at radius 2 is 1.38 bits per heavy atom. The Morgan fingerprint density at radius 1 is 0.688 bits per heavy atom. The zero-order valence-electron chi connectivity index (χ0n) is 27.8. The summed E-state index contributed by atoms with van der Waals surface area (Å²) in [6.45, 7) is 6.71. The Labute approximate surface area is 282 Å². The van der Waals surface area contributed by atoms with E-state index in [2.05, 4.69) is 154 Å². The van der Waals surface area contributed by atoms with E-state index >= 15 is 0 Å². The van der Waals surface area contributed by atoms with E-state index in [-0.39, 0.29) is 5.78 Å². The third kappa shape index (κ3) is 4.20. The van der Waals surface area contributed by atoms with Crippen LogP contribution < -0.4 is 0 Å². The molecular weight excluding hydrogens is 581 g/mol. The fourth-order valence-electron chi connectivity index (χ4n) is 8.61. The second-order valence-electron chi connectivity index (χ2n) is 14.2. The maximum absolute atomic E-state index is 14.4. The van der Waals surface area contributed by atoms with Gasteiger partial charge in [0.15, 0.2) is 5.78 Å². The SMILES string of the molecule is C/C1=C\C(C2=CCC(C)C=C2)=C/C=CC2(c3ccccc31)c1cccc3c4ccccc4c4cc(C(=O)C5=CCC(C)C=C5)cc2c4c13. The van der Waals surface area contributed by atoms with Crippen molar-refractivity contribution in [2.45, 2.75) is 39.0 Å². The van der Waals surface area contributed by atoms with Crippen LogP contribution in [0, 0.1) is 11.8 Å². The van der Waals surface area contributed by atoms with E-state index in [1.807, 2.05) is 6.08 Å². The Balaban J connectivity index is 1.39. The Hall–Kier alpha value is -5.27. The van der Waals surface area contributed by atoms with Crippen LogP contribution in [0.3, 0.4) is 0 Å². The van der Waals surface area contributed by atoms with Gasteiger partial charge in [-0.05, 0) is 115 Å². The molecule has 3 atom stereocenters. The summed E-state index contributed by atoms with van der Waals surface area (Å²) < 4.78 is 0. The molecule has 0 bridgehead atoms. The van der Waals surface area contributed by atoms with Gasteiger partial charge >= 0.3 is 0 Å².